The van der Waals surface area contributed by atoms with E-state index in [9.17, 15) is 9.18 Å². The van der Waals surface area contributed by atoms with Crippen molar-refractivity contribution in [3.8, 4) is 0 Å². The maximum absolute atomic E-state index is 13.1. The van der Waals surface area contributed by atoms with E-state index in [2.05, 4.69) is 15.9 Å². The topological polar surface area (TPSA) is 17.1 Å². The largest absolute Gasteiger partial charge is 0.293 e. The maximum atomic E-state index is 13.1. The van der Waals surface area contributed by atoms with Gasteiger partial charge in [0.25, 0.3) is 0 Å². The lowest BCUT2D eigenvalue weighted by atomic mass is 10.1. The molecular formula is C15H12BrFOS. The third-order valence-electron chi connectivity index (χ3n) is 2.61. The summed E-state index contributed by atoms with van der Waals surface area (Å²) in [5.41, 5.74) is 0.666. The number of ketones is 1. The van der Waals surface area contributed by atoms with Crippen LogP contribution in [0.1, 0.15) is 17.3 Å². The second-order valence-electron chi connectivity index (χ2n) is 4.09. The molecule has 2 aromatic rings. The molecule has 0 aliphatic heterocycles. The lowest BCUT2D eigenvalue weighted by molar-refractivity contribution is 0.0994. The highest BCUT2D eigenvalue weighted by molar-refractivity contribution is 9.10. The Morgan fingerprint density at radius 3 is 2.53 bits per heavy atom. The lowest BCUT2D eigenvalue weighted by Crippen LogP contribution is -2.13. The van der Waals surface area contributed by atoms with Crippen LogP contribution < -0.4 is 0 Å². The second-order valence-corrected chi connectivity index (χ2v) is 6.42. The highest BCUT2D eigenvalue weighted by Gasteiger charge is 2.16. The molecule has 1 nitrogen and oxygen atoms in total. The summed E-state index contributed by atoms with van der Waals surface area (Å²) in [4.78, 5) is 13.0. The van der Waals surface area contributed by atoms with Gasteiger partial charge in [0.05, 0.1) is 5.25 Å². The van der Waals surface area contributed by atoms with E-state index >= 15 is 0 Å². The third-order valence-corrected chi connectivity index (χ3v) is 4.23. The number of halogens is 2. The average Bonchev–Trinajstić information content (AvgIpc) is 2.39. The van der Waals surface area contributed by atoms with Crippen molar-refractivity contribution in [2.45, 2.75) is 17.1 Å². The maximum Gasteiger partial charge on any atom is 0.175 e. The standard InChI is InChI=1S/C15H12BrFOS/c1-10(19-14-4-2-3-13(17)9-14)15(18)11-5-7-12(16)8-6-11/h2-10H,1H3. The Morgan fingerprint density at radius 2 is 1.89 bits per heavy atom. The zero-order chi connectivity index (χ0) is 13.8. The molecule has 1 unspecified atom stereocenters. The quantitative estimate of drug-likeness (QED) is 0.579. The van der Waals surface area contributed by atoms with E-state index in [1.165, 1.54) is 23.9 Å². The van der Waals surface area contributed by atoms with Gasteiger partial charge in [0.1, 0.15) is 5.82 Å². The molecule has 0 aliphatic carbocycles. The van der Waals surface area contributed by atoms with E-state index in [1.807, 2.05) is 19.1 Å². The minimum atomic E-state index is -0.284. The van der Waals surface area contributed by atoms with Crippen LogP contribution in [-0.4, -0.2) is 11.0 Å². The molecule has 0 radical (unpaired) electrons. The zero-order valence-corrected chi connectivity index (χ0v) is 12.7. The van der Waals surface area contributed by atoms with Crippen molar-refractivity contribution in [2.24, 2.45) is 0 Å². The van der Waals surface area contributed by atoms with Gasteiger partial charge in [0, 0.05) is 14.9 Å². The second kappa shape index (κ2) is 6.35. The van der Waals surface area contributed by atoms with Crippen molar-refractivity contribution in [3.05, 3.63) is 64.4 Å². The Bertz CT molecular complexity index is 583. The number of hydrogen-bond donors (Lipinski definition) is 0. The van der Waals surface area contributed by atoms with Crippen molar-refractivity contribution in [1.82, 2.24) is 0 Å². The fourth-order valence-corrected chi connectivity index (χ4v) is 2.90. The van der Waals surface area contributed by atoms with Gasteiger partial charge >= 0.3 is 0 Å². The van der Waals surface area contributed by atoms with E-state index in [4.69, 9.17) is 0 Å². The first-order valence-corrected chi connectivity index (χ1v) is 7.45. The first kappa shape index (κ1) is 14.3. The summed E-state index contributed by atoms with van der Waals surface area (Å²) < 4.78 is 14.0. The fourth-order valence-electron chi connectivity index (χ4n) is 1.65. The fraction of sp³-hybridized carbons (Fsp3) is 0.133. The number of benzene rings is 2. The summed E-state index contributed by atoms with van der Waals surface area (Å²) in [5, 5.41) is -0.247. The minimum absolute atomic E-state index is 0.0433. The molecule has 19 heavy (non-hydrogen) atoms. The average molecular weight is 339 g/mol. The molecule has 2 rings (SSSR count). The number of Topliss-reactive ketones (excluding diaryl/α,β-unsaturated/α-hetero) is 1. The number of carbonyl (C=O) groups excluding carboxylic acids is 1. The van der Waals surface area contributed by atoms with Crippen LogP contribution in [0.4, 0.5) is 4.39 Å². The molecule has 0 heterocycles. The Balaban J connectivity index is 2.09. The van der Waals surface area contributed by atoms with Gasteiger partial charge in [-0.1, -0.05) is 34.1 Å². The molecule has 0 amide bonds. The van der Waals surface area contributed by atoms with Crippen molar-refractivity contribution >= 4 is 33.5 Å². The van der Waals surface area contributed by atoms with Gasteiger partial charge < -0.3 is 0 Å². The lowest BCUT2D eigenvalue weighted by Gasteiger charge is -2.10. The van der Waals surface area contributed by atoms with Crippen LogP contribution in [0.5, 0.6) is 0 Å². The van der Waals surface area contributed by atoms with Crippen LogP contribution in [0.2, 0.25) is 0 Å². The van der Waals surface area contributed by atoms with Crippen molar-refractivity contribution in [2.75, 3.05) is 0 Å². The van der Waals surface area contributed by atoms with Crippen LogP contribution >= 0.6 is 27.7 Å². The van der Waals surface area contributed by atoms with Crippen molar-refractivity contribution in [3.63, 3.8) is 0 Å². The molecule has 0 aromatic heterocycles. The summed E-state index contributed by atoms with van der Waals surface area (Å²) >= 11 is 4.70. The van der Waals surface area contributed by atoms with Gasteiger partial charge in [-0.3, -0.25) is 4.79 Å². The summed E-state index contributed by atoms with van der Waals surface area (Å²) in [5.74, 6) is -0.241. The number of rotatable bonds is 4. The monoisotopic (exact) mass is 338 g/mol. The predicted octanol–water partition coefficient (Wildman–Crippen LogP) is 4.95. The van der Waals surface area contributed by atoms with Gasteiger partial charge in [0.2, 0.25) is 0 Å². The first-order chi connectivity index (χ1) is 9.06. The van der Waals surface area contributed by atoms with E-state index in [0.29, 0.717) is 5.56 Å². The molecule has 0 bridgehead atoms. The van der Waals surface area contributed by atoms with Crippen molar-refractivity contribution < 1.29 is 9.18 Å². The van der Waals surface area contributed by atoms with Crippen LogP contribution in [0.25, 0.3) is 0 Å². The highest BCUT2D eigenvalue weighted by atomic mass is 79.9. The molecule has 2 aromatic carbocycles. The smallest absolute Gasteiger partial charge is 0.175 e. The third kappa shape index (κ3) is 3.91. The van der Waals surface area contributed by atoms with Crippen LogP contribution in [0.15, 0.2) is 57.9 Å². The van der Waals surface area contributed by atoms with Gasteiger partial charge in [0.15, 0.2) is 5.78 Å². The first-order valence-electron chi connectivity index (χ1n) is 5.78. The molecule has 0 saturated carbocycles. The molecule has 0 N–H and O–H groups in total. The molecule has 0 aliphatic rings. The Morgan fingerprint density at radius 1 is 1.21 bits per heavy atom. The summed E-state index contributed by atoms with van der Waals surface area (Å²) in [6, 6.07) is 13.5. The number of hydrogen-bond acceptors (Lipinski definition) is 2. The van der Waals surface area contributed by atoms with Crippen molar-refractivity contribution in [1.29, 1.82) is 0 Å². The van der Waals surface area contributed by atoms with E-state index in [0.717, 1.165) is 9.37 Å². The molecule has 0 spiro atoms. The molecule has 4 heteroatoms. The van der Waals surface area contributed by atoms with E-state index in [-0.39, 0.29) is 16.9 Å². The van der Waals surface area contributed by atoms with Crippen LogP contribution in [0.3, 0.4) is 0 Å². The highest BCUT2D eigenvalue weighted by Crippen LogP contribution is 2.26. The summed E-state index contributed by atoms with van der Waals surface area (Å²) in [7, 11) is 0. The molecular weight excluding hydrogens is 327 g/mol. The van der Waals surface area contributed by atoms with Gasteiger partial charge in [-0.2, -0.15) is 0 Å². The normalized spacial score (nSPS) is 12.2. The molecule has 0 saturated heterocycles. The van der Waals surface area contributed by atoms with Crippen LogP contribution in [-0.2, 0) is 0 Å². The molecule has 0 fully saturated rings. The SMILES string of the molecule is CC(Sc1cccc(F)c1)C(=O)c1ccc(Br)cc1. The zero-order valence-electron chi connectivity index (χ0n) is 10.3. The van der Waals surface area contributed by atoms with Gasteiger partial charge in [-0.05, 0) is 37.3 Å². The summed E-state index contributed by atoms with van der Waals surface area (Å²) in [6.45, 7) is 1.83. The van der Waals surface area contributed by atoms with E-state index in [1.54, 1.807) is 24.3 Å². The summed E-state index contributed by atoms with van der Waals surface area (Å²) in [6.07, 6.45) is 0. The predicted molar refractivity (Wildman–Crippen MR) is 80.2 cm³/mol. The Hall–Kier alpha value is -1.13. The van der Waals surface area contributed by atoms with Gasteiger partial charge in [-0.15, -0.1) is 11.8 Å². The van der Waals surface area contributed by atoms with Gasteiger partial charge in [-0.25, -0.2) is 4.39 Å². The minimum Gasteiger partial charge on any atom is -0.293 e. The number of carbonyl (C=O) groups is 1. The Labute approximate surface area is 124 Å². The van der Waals surface area contributed by atoms with Crippen LogP contribution in [0, 0.1) is 5.82 Å². The molecule has 1 atom stereocenters. The van der Waals surface area contributed by atoms with E-state index < -0.39 is 0 Å². The Kier molecular flexibility index (Phi) is 4.77. The number of thioether (sulfide) groups is 1. The molecule has 98 valence electrons.